The van der Waals surface area contributed by atoms with Crippen LogP contribution >= 0.6 is 0 Å². The zero-order chi connectivity index (χ0) is 13.7. The fourth-order valence-corrected chi connectivity index (χ4v) is 1.88. The van der Waals surface area contributed by atoms with Gasteiger partial charge >= 0.3 is 0 Å². The fraction of sp³-hybridized carbons (Fsp3) is 0.462. The number of carbonyl (C=O) groups excluding carboxylic acids is 1. The number of primary amides is 1. The lowest BCUT2D eigenvalue weighted by Crippen LogP contribution is -2.39. The Morgan fingerprint density at radius 3 is 2.67 bits per heavy atom. The predicted octanol–water partition coefficient (Wildman–Crippen LogP) is 1.25. The average molecular weight is 253 g/mol. The van der Waals surface area contributed by atoms with E-state index in [1.165, 1.54) is 6.07 Å². The van der Waals surface area contributed by atoms with Crippen LogP contribution in [-0.2, 0) is 11.3 Å². The van der Waals surface area contributed by atoms with Crippen LogP contribution in [-0.4, -0.2) is 25.5 Å². The quantitative estimate of drug-likeness (QED) is 0.802. The van der Waals surface area contributed by atoms with Gasteiger partial charge in [-0.05, 0) is 33.0 Å². The summed E-state index contributed by atoms with van der Waals surface area (Å²) in [7, 11) is 1.75. The van der Waals surface area contributed by atoms with Crippen LogP contribution in [0.1, 0.15) is 19.4 Å². The van der Waals surface area contributed by atoms with E-state index in [-0.39, 0.29) is 18.4 Å². The van der Waals surface area contributed by atoms with Gasteiger partial charge in [0.25, 0.3) is 0 Å². The van der Waals surface area contributed by atoms with E-state index in [2.05, 4.69) is 5.32 Å². The molecule has 0 aromatic heterocycles. The molecule has 0 atom stereocenters. The van der Waals surface area contributed by atoms with Gasteiger partial charge < -0.3 is 16.0 Å². The molecular weight excluding hydrogens is 233 g/mol. The molecule has 0 spiro atoms. The van der Waals surface area contributed by atoms with Crippen molar-refractivity contribution in [2.45, 2.75) is 26.4 Å². The second-order valence-electron chi connectivity index (χ2n) is 4.46. The van der Waals surface area contributed by atoms with Crippen LogP contribution in [0.15, 0.2) is 18.2 Å². The smallest absolute Gasteiger partial charge is 0.236 e. The Bertz CT molecular complexity index is 421. The molecule has 0 aliphatic rings. The first-order chi connectivity index (χ1) is 8.47. The van der Waals surface area contributed by atoms with Crippen molar-refractivity contribution < 1.29 is 9.18 Å². The van der Waals surface area contributed by atoms with E-state index < -0.39 is 5.91 Å². The second-order valence-corrected chi connectivity index (χ2v) is 4.46. The largest absolute Gasteiger partial charge is 0.368 e. The minimum atomic E-state index is -0.427. The molecule has 0 bridgehead atoms. The van der Waals surface area contributed by atoms with E-state index in [4.69, 9.17) is 5.73 Å². The standard InChI is InChI=1S/C13H20FN3O/c1-9(2)17(8-13(15)18)12-6-4-5-11(14)10(12)7-16-3/h4-6,9,16H,7-8H2,1-3H3,(H2,15,18). The number of amides is 1. The highest BCUT2D eigenvalue weighted by Gasteiger charge is 2.18. The van der Waals surface area contributed by atoms with Gasteiger partial charge in [-0.15, -0.1) is 0 Å². The molecule has 0 saturated heterocycles. The molecule has 1 rings (SSSR count). The number of hydrogen-bond acceptors (Lipinski definition) is 3. The summed E-state index contributed by atoms with van der Waals surface area (Å²) in [6.45, 7) is 4.37. The lowest BCUT2D eigenvalue weighted by atomic mass is 10.1. The highest BCUT2D eigenvalue weighted by Crippen LogP contribution is 2.24. The molecule has 3 N–H and O–H groups in total. The summed E-state index contributed by atoms with van der Waals surface area (Å²) < 4.78 is 13.8. The Balaban J connectivity index is 3.18. The van der Waals surface area contributed by atoms with Crippen LogP contribution in [0.4, 0.5) is 10.1 Å². The maximum atomic E-state index is 13.8. The first kappa shape index (κ1) is 14.4. The third kappa shape index (κ3) is 3.43. The summed E-state index contributed by atoms with van der Waals surface area (Å²) in [5, 5.41) is 2.93. The Kier molecular flexibility index (Phi) is 5.09. The van der Waals surface area contributed by atoms with Crippen LogP contribution < -0.4 is 16.0 Å². The summed E-state index contributed by atoms with van der Waals surface area (Å²) in [6.07, 6.45) is 0. The highest BCUT2D eigenvalue weighted by molar-refractivity contribution is 5.80. The summed E-state index contributed by atoms with van der Waals surface area (Å²) >= 11 is 0. The maximum Gasteiger partial charge on any atom is 0.236 e. The number of rotatable bonds is 6. The topological polar surface area (TPSA) is 58.4 Å². The van der Waals surface area contributed by atoms with Gasteiger partial charge in [0.05, 0.1) is 6.54 Å². The number of hydrogen-bond donors (Lipinski definition) is 2. The number of carbonyl (C=O) groups is 1. The molecule has 0 unspecified atom stereocenters. The number of nitrogens with one attached hydrogen (secondary N) is 1. The average Bonchev–Trinajstić information content (AvgIpc) is 2.28. The normalized spacial score (nSPS) is 10.7. The van der Waals surface area contributed by atoms with Crippen molar-refractivity contribution in [2.24, 2.45) is 5.73 Å². The van der Waals surface area contributed by atoms with E-state index in [0.29, 0.717) is 17.8 Å². The number of nitrogens with zero attached hydrogens (tertiary/aromatic N) is 1. The van der Waals surface area contributed by atoms with Gasteiger partial charge in [0.15, 0.2) is 0 Å². The molecule has 0 aliphatic heterocycles. The Morgan fingerprint density at radius 1 is 1.50 bits per heavy atom. The minimum absolute atomic E-state index is 0.0647. The third-order valence-electron chi connectivity index (χ3n) is 2.71. The SMILES string of the molecule is CNCc1c(F)cccc1N(CC(N)=O)C(C)C. The predicted molar refractivity (Wildman–Crippen MR) is 70.8 cm³/mol. The molecule has 1 aromatic rings. The molecule has 1 amide bonds. The summed E-state index contributed by atoms with van der Waals surface area (Å²) in [4.78, 5) is 12.9. The molecule has 4 nitrogen and oxygen atoms in total. The second kappa shape index (κ2) is 6.35. The van der Waals surface area contributed by atoms with Crippen LogP contribution in [0, 0.1) is 5.82 Å². The van der Waals surface area contributed by atoms with Gasteiger partial charge in [0, 0.05) is 23.8 Å². The molecule has 18 heavy (non-hydrogen) atoms. The molecule has 1 aromatic carbocycles. The first-order valence-electron chi connectivity index (χ1n) is 5.94. The van der Waals surface area contributed by atoms with E-state index in [1.54, 1.807) is 24.1 Å². The highest BCUT2D eigenvalue weighted by atomic mass is 19.1. The molecule has 0 fully saturated rings. The molecule has 100 valence electrons. The van der Waals surface area contributed by atoms with Crippen molar-refractivity contribution >= 4 is 11.6 Å². The number of halogens is 1. The van der Waals surface area contributed by atoms with Crippen molar-refractivity contribution in [1.82, 2.24) is 5.32 Å². The molecular formula is C13H20FN3O. The van der Waals surface area contributed by atoms with Crippen molar-refractivity contribution in [3.05, 3.63) is 29.6 Å². The van der Waals surface area contributed by atoms with Crippen molar-refractivity contribution in [2.75, 3.05) is 18.5 Å². The molecule has 0 radical (unpaired) electrons. The molecule has 5 heteroatoms. The number of benzene rings is 1. The molecule has 0 saturated carbocycles. The van der Waals surface area contributed by atoms with Crippen LogP contribution in [0.5, 0.6) is 0 Å². The Morgan fingerprint density at radius 2 is 2.17 bits per heavy atom. The van der Waals surface area contributed by atoms with Gasteiger partial charge in [-0.3, -0.25) is 4.79 Å². The van der Waals surface area contributed by atoms with Gasteiger partial charge in [-0.25, -0.2) is 4.39 Å². The zero-order valence-electron chi connectivity index (χ0n) is 11.0. The van der Waals surface area contributed by atoms with Crippen LogP contribution in [0.25, 0.3) is 0 Å². The Labute approximate surface area is 107 Å². The fourth-order valence-electron chi connectivity index (χ4n) is 1.88. The van der Waals surface area contributed by atoms with Crippen LogP contribution in [0.3, 0.4) is 0 Å². The summed E-state index contributed by atoms with van der Waals surface area (Å²) in [5.41, 5.74) is 6.50. The van der Waals surface area contributed by atoms with Crippen LogP contribution in [0.2, 0.25) is 0 Å². The molecule has 0 heterocycles. The number of anilines is 1. The number of nitrogens with two attached hydrogens (primary N) is 1. The monoisotopic (exact) mass is 253 g/mol. The summed E-state index contributed by atoms with van der Waals surface area (Å²) in [6, 6.07) is 4.92. The maximum absolute atomic E-state index is 13.8. The summed E-state index contributed by atoms with van der Waals surface area (Å²) in [5.74, 6) is -0.708. The Hall–Kier alpha value is -1.62. The zero-order valence-corrected chi connectivity index (χ0v) is 11.0. The molecule has 0 aliphatic carbocycles. The van der Waals surface area contributed by atoms with Gasteiger partial charge in [0.2, 0.25) is 5.91 Å². The van der Waals surface area contributed by atoms with Gasteiger partial charge in [-0.1, -0.05) is 6.07 Å². The van der Waals surface area contributed by atoms with E-state index in [1.807, 2.05) is 13.8 Å². The van der Waals surface area contributed by atoms with Crippen molar-refractivity contribution in [3.63, 3.8) is 0 Å². The van der Waals surface area contributed by atoms with Crippen molar-refractivity contribution in [1.29, 1.82) is 0 Å². The van der Waals surface area contributed by atoms with Crippen molar-refractivity contribution in [3.8, 4) is 0 Å². The first-order valence-corrected chi connectivity index (χ1v) is 5.94. The van der Waals surface area contributed by atoms with Gasteiger partial charge in [-0.2, -0.15) is 0 Å². The lowest BCUT2D eigenvalue weighted by Gasteiger charge is -2.29. The lowest BCUT2D eigenvalue weighted by molar-refractivity contribution is -0.116. The van der Waals surface area contributed by atoms with Gasteiger partial charge in [0.1, 0.15) is 5.82 Å². The van der Waals surface area contributed by atoms with E-state index in [0.717, 1.165) is 0 Å². The van der Waals surface area contributed by atoms with E-state index in [9.17, 15) is 9.18 Å². The minimum Gasteiger partial charge on any atom is -0.368 e. The van der Waals surface area contributed by atoms with E-state index >= 15 is 0 Å². The third-order valence-corrected chi connectivity index (χ3v) is 2.71.